The molecule has 7 heteroatoms. The fraction of sp³-hybridized carbons (Fsp3) is 0.800. The van der Waals surface area contributed by atoms with Crippen molar-refractivity contribution < 1.29 is 9.53 Å². The molecule has 2 aliphatic heterocycles. The summed E-state index contributed by atoms with van der Waals surface area (Å²) in [6.07, 6.45) is 4.46. The molecule has 3 unspecified atom stereocenters. The van der Waals surface area contributed by atoms with E-state index in [1.807, 2.05) is 4.90 Å². The number of carbonyl (C=O) groups excluding carboxylic acids is 1. The first kappa shape index (κ1) is 15.4. The highest BCUT2D eigenvalue weighted by Crippen LogP contribution is 2.21. The summed E-state index contributed by atoms with van der Waals surface area (Å²) in [7, 11) is 0. The zero-order valence-electron chi connectivity index (χ0n) is 13.4. The average molecular weight is 307 g/mol. The van der Waals surface area contributed by atoms with E-state index in [-0.39, 0.29) is 18.1 Å². The molecular formula is C15H25N5O2. The van der Waals surface area contributed by atoms with Crippen LogP contribution in [0.25, 0.3) is 0 Å². The van der Waals surface area contributed by atoms with Gasteiger partial charge in [0.1, 0.15) is 12.2 Å². The van der Waals surface area contributed by atoms with Crippen LogP contribution in [0.15, 0.2) is 6.33 Å². The minimum Gasteiger partial charge on any atom is -0.373 e. The Morgan fingerprint density at radius 2 is 2.18 bits per heavy atom. The van der Waals surface area contributed by atoms with Crippen molar-refractivity contribution in [3.8, 4) is 0 Å². The lowest BCUT2D eigenvalue weighted by molar-refractivity contribution is -0.132. The van der Waals surface area contributed by atoms with Gasteiger partial charge in [-0.1, -0.05) is 0 Å². The van der Waals surface area contributed by atoms with Crippen LogP contribution in [0.4, 0.5) is 0 Å². The highest BCUT2D eigenvalue weighted by atomic mass is 16.5. The Labute approximate surface area is 131 Å². The molecule has 122 valence electrons. The standard InChI is InChI=1S/C15H25N5O2/c1-11-7-19(8-12(2)22-11)9-13-4-3-5-20(13)15(21)6-14-16-10-17-18-14/h10-13H,3-9H2,1-2H3,(H,16,17,18). The van der Waals surface area contributed by atoms with Crippen molar-refractivity contribution in [2.45, 2.75) is 51.4 Å². The summed E-state index contributed by atoms with van der Waals surface area (Å²) in [5, 5.41) is 6.57. The molecule has 3 rings (SSSR count). The lowest BCUT2D eigenvalue weighted by Gasteiger charge is -2.38. The Balaban J connectivity index is 1.57. The van der Waals surface area contributed by atoms with Crippen molar-refractivity contribution in [3.63, 3.8) is 0 Å². The second-order valence-electron chi connectivity index (χ2n) is 6.47. The molecule has 0 radical (unpaired) electrons. The van der Waals surface area contributed by atoms with Crippen LogP contribution >= 0.6 is 0 Å². The summed E-state index contributed by atoms with van der Waals surface area (Å²) in [4.78, 5) is 21.0. The van der Waals surface area contributed by atoms with Gasteiger partial charge in [-0.2, -0.15) is 5.10 Å². The van der Waals surface area contributed by atoms with Crippen molar-refractivity contribution >= 4 is 5.91 Å². The molecule has 22 heavy (non-hydrogen) atoms. The summed E-state index contributed by atoms with van der Waals surface area (Å²) < 4.78 is 5.78. The van der Waals surface area contributed by atoms with Gasteiger partial charge in [-0.25, -0.2) is 4.98 Å². The van der Waals surface area contributed by atoms with Crippen LogP contribution < -0.4 is 0 Å². The molecular weight excluding hydrogens is 282 g/mol. The third-order valence-corrected chi connectivity index (χ3v) is 4.45. The van der Waals surface area contributed by atoms with E-state index >= 15 is 0 Å². The van der Waals surface area contributed by atoms with Gasteiger partial charge in [0.15, 0.2) is 0 Å². The molecule has 2 fully saturated rings. The van der Waals surface area contributed by atoms with Gasteiger partial charge in [0.2, 0.25) is 5.91 Å². The summed E-state index contributed by atoms with van der Waals surface area (Å²) in [6.45, 7) is 7.93. The molecule has 0 aromatic carbocycles. The van der Waals surface area contributed by atoms with E-state index in [0.29, 0.717) is 18.3 Å². The number of morpholine rings is 1. The van der Waals surface area contributed by atoms with Crippen LogP contribution in [0.3, 0.4) is 0 Å². The normalized spacial score (nSPS) is 29.9. The SMILES string of the molecule is CC1CN(CC2CCCN2C(=O)Cc2ncn[nH]2)CC(C)O1. The second-order valence-corrected chi connectivity index (χ2v) is 6.47. The van der Waals surface area contributed by atoms with E-state index in [1.165, 1.54) is 6.33 Å². The maximum absolute atomic E-state index is 12.5. The largest absolute Gasteiger partial charge is 0.373 e. The minimum atomic E-state index is 0.147. The summed E-state index contributed by atoms with van der Waals surface area (Å²) in [5.41, 5.74) is 0. The van der Waals surface area contributed by atoms with E-state index in [1.54, 1.807) is 0 Å². The van der Waals surface area contributed by atoms with Gasteiger partial charge in [0.05, 0.1) is 18.6 Å². The summed E-state index contributed by atoms with van der Waals surface area (Å²) >= 11 is 0. The first-order valence-corrected chi connectivity index (χ1v) is 8.13. The zero-order valence-corrected chi connectivity index (χ0v) is 13.4. The molecule has 0 bridgehead atoms. The quantitative estimate of drug-likeness (QED) is 0.874. The van der Waals surface area contributed by atoms with Gasteiger partial charge in [0.25, 0.3) is 0 Å². The fourth-order valence-electron chi connectivity index (χ4n) is 3.65. The Morgan fingerprint density at radius 3 is 2.86 bits per heavy atom. The molecule has 2 saturated heterocycles. The summed E-state index contributed by atoms with van der Waals surface area (Å²) in [6, 6.07) is 0.313. The highest BCUT2D eigenvalue weighted by molar-refractivity contribution is 5.78. The van der Waals surface area contributed by atoms with Gasteiger partial charge in [-0.15, -0.1) is 0 Å². The van der Waals surface area contributed by atoms with Gasteiger partial charge < -0.3 is 9.64 Å². The first-order chi connectivity index (χ1) is 10.6. The Bertz CT molecular complexity index is 482. The summed E-state index contributed by atoms with van der Waals surface area (Å²) in [5.74, 6) is 0.790. The second kappa shape index (κ2) is 6.75. The molecule has 0 spiro atoms. The van der Waals surface area contributed by atoms with Crippen molar-refractivity contribution in [2.24, 2.45) is 0 Å². The van der Waals surface area contributed by atoms with Gasteiger partial charge in [0, 0.05) is 32.2 Å². The van der Waals surface area contributed by atoms with Crippen LogP contribution in [0, 0.1) is 0 Å². The lowest BCUT2D eigenvalue weighted by Crippen LogP contribution is -2.51. The number of rotatable bonds is 4. The van der Waals surface area contributed by atoms with E-state index in [2.05, 4.69) is 33.9 Å². The van der Waals surface area contributed by atoms with E-state index in [0.717, 1.165) is 39.0 Å². The van der Waals surface area contributed by atoms with Crippen molar-refractivity contribution in [1.82, 2.24) is 25.0 Å². The maximum atomic E-state index is 12.5. The number of hydrogen-bond donors (Lipinski definition) is 1. The first-order valence-electron chi connectivity index (χ1n) is 8.13. The smallest absolute Gasteiger partial charge is 0.230 e. The van der Waals surface area contributed by atoms with Crippen LogP contribution in [-0.2, 0) is 16.0 Å². The third-order valence-electron chi connectivity index (χ3n) is 4.45. The molecule has 2 aliphatic rings. The fourth-order valence-corrected chi connectivity index (χ4v) is 3.65. The minimum absolute atomic E-state index is 0.147. The van der Waals surface area contributed by atoms with Crippen LogP contribution in [-0.4, -0.2) is 75.3 Å². The average Bonchev–Trinajstić information content (AvgIpc) is 3.08. The molecule has 0 saturated carbocycles. The maximum Gasteiger partial charge on any atom is 0.230 e. The van der Waals surface area contributed by atoms with Crippen molar-refractivity contribution in [2.75, 3.05) is 26.2 Å². The number of aromatic nitrogens is 3. The van der Waals surface area contributed by atoms with Gasteiger partial charge in [-0.05, 0) is 26.7 Å². The van der Waals surface area contributed by atoms with Crippen LogP contribution in [0.5, 0.6) is 0 Å². The third kappa shape index (κ3) is 3.64. The number of carbonyl (C=O) groups is 1. The molecule has 3 heterocycles. The highest BCUT2D eigenvalue weighted by Gasteiger charge is 2.32. The molecule has 1 amide bonds. The molecule has 1 aromatic rings. The Morgan fingerprint density at radius 1 is 1.41 bits per heavy atom. The predicted molar refractivity (Wildman–Crippen MR) is 81.3 cm³/mol. The number of amides is 1. The number of nitrogens with zero attached hydrogens (tertiary/aromatic N) is 4. The topological polar surface area (TPSA) is 74.4 Å². The predicted octanol–water partition coefficient (Wildman–Crippen LogP) is 0.447. The molecule has 1 aromatic heterocycles. The number of nitrogens with one attached hydrogen (secondary N) is 1. The van der Waals surface area contributed by atoms with Crippen LogP contribution in [0.1, 0.15) is 32.5 Å². The number of likely N-dealkylation sites (tertiary alicyclic amines) is 1. The lowest BCUT2D eigenvalue weighted by atomic mass is 10.1. The van der Waals surface area contributed by atoms with E-state index in [4.69, 9.17) is 4.74 Å². The monoisotopic (exact) mass is 307 g/mol. The molecule has 3 atom stereocenters. The number of ether oxygens (including phenoxy) is 1. The van der Waals surface area contributed by atoms with Crippen molar-refractivity contribution in [1.29, 1.82) is 0 Å². The van der Waals surface area contributed by atoms with Crippen LogP contribution in [0.2, 0.25) is 0 Å². The van der Waals surface area contributed by atoms with E-state index in [9.17, 15) is 4.79 Å². The number of hydrogen-bond acceptors (Lipinski definition) is 5. The number of H-pyrrole nitrogens is 1. The molecule has 7 nitrogen and oxygen atoms in total. The zero-order chi connectivity index (χ0) is 15.5. The molecule has 0 aliphatic carbocycles. The van der Waals surface area contributed by atoms with Gasteiger partial charge in [-0.3, -0.25) is 14.8 Å². The number of aromatic amines is 1. The van der Waals surface area contributed by atoms with Gasteiger partial charge >= 0.3 is 0 Å². The Hall–Kier alpha value is -1.47. The molecule has 1 N–H and O–H groups in total. The Kier molecular flexibility index (Phi) is 4.73. The van der Waals surface area contributed by atoms with Crippen molar-refractivity contribution in [3.05, 3.63) is 12.2 Å². The van der Waals surface area contributed by atoms with E-state index < -0.39 is 0 Å².